The van der Waals surface area contributed by atoms with Gasteiger partial charge in [-0.2, -0.15) is 0 Å². The second-order valence-electron chi connectivity index (χ2n) is 5.95. The number of methoxy groups -OCH3 is 1. The minimum atomic E-state index is -0.0670. The molecule has 4 nitrogen and oxygen atoms in total. The van der Waals surface area contributed by atoms with Crippen molar-refractivity contribution >= 4 is 17.2 Å². The molecule has 1 aromatic heterocycles. The Hall–Kier alpha value is -1.07. The number of thiophene rings is 1. The number of nitrogens with one attached hydrogen (secondary N) is 1. The minimum Gasteiger partial charge on any atom is -0.496 e. The monoisotopic (exact) mass is 280 g/mol. The smallest absolute Gasteiger partial charge is 0.264 e. The van der Waals surface area contributed by atoms with Gasteiger partial charge < -0.3 is 15.0 Å². The fourth-order valence-electron chi connectivity index (χ4n) is 3.44. The molecule has 3 heterocycles. The predicted octanol–water partition coefficient (Wildman–Crippen LogP) is 1.83. The Morgan fingerprint density at radius 2 is 2.32 bits per heavy atom. The van der Waals surface area contributed by atoms with Crippen molar-refractivity contribution in [1.29, 1.82) is 0 Å². The van der Waals surface area contributed by atoms with Crippen molar-refractivity contribution < 1.29 is 9.53 Å². The second-order valence-corrected chi connectivity index (χ2v) is 6.86. The summed E-state index contributed by atoms with van der Waals surface area (Å²) in [7, 11) is 1.63. The zero-order valence-electron chi connectivity index (χ0n) is 11.6. The van der Waals surface area contributed by atoms with Crippen LogP contribution in [0.2, 0.25) is 0 Å². The number of likely N-dealkylation sites (tertiary alicyclic amines) is 1. The van der Waals surface area contributed by atoms with Gasteiger partial charge in [-0.1, -0.05) is 0 Å². The molecular formula is C14H20N2O2S. The topological polar surface area (TPSA) is 41.6 Å². The molecule has 2 unspecified atom stereocenters. The average molecular weight is 280 g/mol. The summed E-state index contributed by atoms with van der Waals surface area (Å²) in [6.07, 6.45) is 0. The van der Waals surface area contributed by atoms with Gasteiger partial charge in [-0.05, 0) is 25.7 Å². The second kappa shape index (κ2) is 4.49. The van der Waals surface area contributed by atoms with E-state index in [4.69, 9.17) is 4.74 Å². The van der Waals surface area contributed by atoms with Gasteiger partial charge in [0, 0.05) is 36.6 Å². The van der Waals surface area contributed by atoms with Crippen LogP contribution in [-0.2, 0) is 0 Å². The third kappa shape index (κ3) is 1.96. The Morgan fingerprint density at radius 1 is 1.53 bits per heavy atom. The lowest BCUT2D eigenvalue weighted by Gasteiger charge is -2.35. The molecule has 1 amide bonds. The average Bonchev–Trinajstić information content (AvgIpc) is 3.06. The first kappa shape index (κ1) is 12.9. The van der Waals surface area contributed by atoms with Crippen molar-refractivity contribution in [3.63, 3.8) is 0 Å². The molecule has 0 bridgehead atoms. The van der Waals surface area contributed by atoms with Crippen molar-refractivity contribution in [2.75, 3.05) is 26.7 Å². The summed E-state index contributed by atoms with van der Waals surface area (Å²) in [5.41, 5.74) is -0.0670. The van der Waals surface area contributed by atoms with Gasteiger partial charge in [0.2, 0.25) is 0 Å². The number of hydrogen-bond donors (Lipinski definition) is 1. The normalized spacial score (nSPS) is 28.5. The summed E-state index contributed by atoms with van der Waals surface area (Å²) in [6, 6.07) is 1.84. The number of rotatable bonds is 2. The first-order valence-corrected chi connectivity index (χ1v) is 7.57. The van der Waals surface area contributed by atoms with Gasteiger partial charge >= 0.3 is 0 Å². The summed E-state index contributed by atoms with van der Waals surface area (Å²) in [6.45, 7) is 7.30. The number of ether oxygens (including phenoxy) is 1. The molecule has 5 heteroatoms. The fraction of sp³-hybridized carbons (Fsp3) is 0.643. The molecule has 2 aliphatic rings. The fourth-order valence-corrected chi connectivity index (χ4v) is 4.24. The Labute approximate surface area is 117 Å². The van der Waals surface area contributed by atoms with E-state index in [1.807, 2.05) is 11.4 Å². The first-order valence-electron chi connectivity index (χ1n) is 6.69. The Morgan fingerprint density at radius 3 is 2.95 bits per heavy atom. The zero-order chi connectivity index (χ0) is 13.6. The molecule has 0 spiro atoms. The van der Waals surface area contributed by atoms with Crippen LogP contribution in [0, 0.1) is 11.8 Å². The van der Waals surface area contributed by atoms with E-state index in [2.05, 4.69) is 24.1 Å². The van der Waals surface area contributed by atoms with Crippen molar-refractivity contribution in [3.05, 3.63) is 16.3 Å². The zero-order valence-corrected chi connectivity index (χ0v) is 12.4. The summed E-state index contributed by atoms with van der Waals surface area (Å²) >= 11 is 1.47. The molecule has 0 aliphatic carbocycles. The highest BCUT2D eigenvalue weighted by molar-refractivity contribution is 7.12. The number of fused-ring (bicyclic) bond motifs is 1. The predicted molar refractivity (Wildman–Crippen MR) is 75.8 cm³/mol. The van der Waals surface area contributed by atoms with E-state index < -0.39 is 0 Å². The molecule has 19 heavy (non-hydrogen) atoms. The molecule has 104 valence electrons. The molecule has 0 radical (unpaired) electrons. The van der Waals surface area contributed by atoms with E-state index in [1.165, 1.54) is 11.3 Å². The van der Waals surface area contributed by atoms with Gasteiger partial charge in [0.05, 0.1) is 12.0 Å². The molecule has 0 aromatic carbocycles. The van der Waals surface area contributed by atoms with Crippen molar-refractivity contribution in [1.82, 2.24) is 10.2 Å². The molecule has 2 fully saturated rings. The maximum absolute atomic E-state index is 12.7. The summed E-state index contributed by atoms with van der Waals surface area (Å²) in [5.74, 6) is 2.08. The summed E-state index contributed by atoms with van der Waals surface area (Å²) < 4.78 is 5.16. The number of hydrogen-bond acceptors (Lipinski definition) is 4. The maximum Gasteiger partial charge on any atom is 0.264 e. The number of carbonyl (C=O) groups is 1. The highest BCUT2D eigenvalue weighted by Crippen LogP contribution is 2.41. The lowest BCUT2D eigenvalue weighted by atomic mass is 9.85. The Kier molecular flexibility index (Phi) is 3.06. The van der Waals surface area contributed by atoms with Gasteiger partial charge in [0.15, 0.2) is 0 Å². The van der Waals surface area contributed by atoms with Crippen LogP contribution in [0.25, 0.3) is 0 Å². The summed E-state index contributed by atoms with van der Waals surface area (Å²) in [5, 5.41) is 5.32. The van der Waals surface area contributed by atoms with Crippen molar-refractivity contribution in [3.8, 4) is 5.75 Å². The van der Waals surface area contributed by atoms with Crippen LogP contribution in [0.3, 0.4) is 0 Å². The standard InChI is InChI=1S/C14H20N2O2S/c1-14(2)11-6-15-5-9(11)7-16(14)13(17)12-4-10(18-3)8-19-12/h4,8-9,11,15H,5-7H2,1-3H3. The highest BCUT2D eigenvalue weighted by Gasteiger charge is 2.51. The maximum atomic E-state index is 12.7. The van der Waals surface area contributed by atoms with Gasteiger partial charge in [-0.3, -0.25) is 4.79 Å². The molecule has 2 aliphatic heterocycles. The third-order valence-corrected chi connectivity index (χ3v) is 5.52. The Balaban J connectivity index is 1.84. The molecule has 2 saturated heterocycles. The van der Waals surface area contributed by atoms with Crippen LogP contribution in [-0.4, -0.2) is 43.1 Å². The number of nitrogens with zero attached hydrogens (tertiary/aromatic N) is 1. The van der Waals surface area contributed by atoms with Gasteiger partial charge in [-0.15, -0.1) is 11.3 Å². The lowest BCUT2D eigenvalue weighted by Crippen LogP contribution is -2.47. The van der Waals surface area contributed by atoms with E-state index in [9.17, 15) is 4.79 Å². The SMILES string of the molecule is COc1csc(C(=O)N2CC3CNCC3C2(C)C)c1. The quantitative estimate of drug-likeness (QED) is 0.898. The largest absolute Gasteiger partial charge is 0.496 e. The van der Waals surface area contributed by atoms with Crippen LogP contribution in [0.5, 0.6) is 5.75 Å². The molecular weight excluding hydrogens is 260 g/mol. The van der Waals surface area contributed by atoms with Crippen LogP contribution < -0.4 is 10.1 Å². The van der Waals surface area contributed by atoms with E-state index in [1.54, 1.807) is 7.11 Å². The van der Waals surface area contributed by atoms with E-state index in [0.717, 1.165) is 30.3 Å². The van der Waals surface area contributed by atoms with E-state index in [0.29, 0.717) is 11.8 Å². The van der Waals surface area contributed by atoms with Crippen LogP contribution in [0.4, 0.5) is 0 Å². The van der Waals surface area contributed by atoms with E-state index in [-0.39, 0.29) is 11.4 Å². The molecule has 3 rings (SSSR count). The third-order valence-electron chi connectivity index (χ3n) is 4.63. The molecule has 1 N–H and O–H groups in total. The lowest BCUT2D eigenvalue weighted by molar-refractivity contribution is 0.0608. The molecule has 1 aromatic rings. The number of amides is 1. The minimum absolute atomic E-state index is 0.0670. The highest BCUT2D eigenvalue weighted by atomic mass is 32.1. The van der Waals surface area contributed by atoms with Gasteiger partial charge in [-0.25, -0.2) is 0 Å². The van der Waals surface area contributed by atoms with E-state index >= 15 is 0 Å². The first-order chi connectivity index (χ1) is 9.04. The summed E-state index contributed by atoms with van der Waals surface area (Å²) in [4.78, 5) is 15.5. The Bertz CT molecular complexity index is 497. The number of carbonyl (C=O) groups excluding carboxylic acids is 1. The van der Waals surface area contributed by atoms with Crippen LogP contribution in [0.15, 0.2) is 11.4 Å². The van der Waals surface area contributed by atoms with Gasteiger partial charge in [0.1, 0.15) is 5.75 Å². The van der Waals surface area contributed by atoms with Crippen LogP contribution >= 0.6 is 11.3 Å². The van der Waals surface area contributed by atoms with Crippen LogP contribution in [0.1, 0.15) is 23.5 Å². The van der Waals surface area contributed by atoms with Crippen molar-refractivity contribution in [2.24, 2.45) is 11.8 Å². The van der Waals surface area contributed by atoms with Crippen molar-refractivity contribution in [2.45, 2.75) is 19.4 Å². The molecule has 2 atom stereocenters. The molecule has 0 saturated carbocycles. The van der Waals surface area contributed by atoms with Gasteiger partial charge in [0.25, 0.3) is 5.91 Å².